The third kappa shape index (κ3) is 4.79. The van der Waals surface area contributed by atoms with Crippen molar-refractivity contribution in [2.45, 2.75) is 12.8 Å². The summed E-state index contributed by atoms with van der Waals surface area (Å²) in [6.07, 6.45) is 2.15. The molecule has 1 aliphatic carbocycles. The van der Waals surface area contributed by atoms with Crippen molar-refractivity contribution in [1.29, 1.82) is 0 Å². The van der Waals surface area contributed by atoms with Crippen LogP contribution in [0.25, 0.3) is 0 Å². The van der Waals surface area contributed by atoms with Gasteiger partial charge in [0.1, 0.15) is 17.4 Å². The zero-order valence-corrected chi connectivity index (χ0v) is 13.3. The Morgan fingerprint density at radius 3 is 2.29 bits per heavy atom. The first-order valence-electron chi connectivity index (χ1n) is 6.96. The van der Waals surface area contributed by atoms with E-state index in [1.54, 1.807) is 17.2 Å². The fourth-order valence-electron chi connectivity index (χ4n) is 2.30. The molecule has 1 unspecified atom stereocenters. The average Bonchev–Trinajstić information content (AvgIpc) is 2.44. The van der Waals surface area contributed by atoms with Crippen molar-refractivity contribution in [1.82, 2.24) is 5.09 Å². The number of carbonyl (C=O) groups is 2. The number of allylic oxidation sites excluding steroid dienone is 3. The second-order valence-corrected chi connectivity index (χ2v) is 6.60. The van der Waals surface area contributed by atoms with Gasteiger partial charge in [0.15, 0.2) is 11.6 Å². The third-order valence-corrected chi connectivity index (χ3v) is 3.92. The molecule has 0 spiro atoms. The van der Waals surface area contributed by atoms with E-state index >= 15 is 0 Å². The molecule has 1 aliphatic rings. The molecular formula is C15H16NO7P. The lowest BCUT2D eigenvalue weighted by Crippen LogP contribution is -2.29. The average molecular weight is 353 g/mol. The summed E-state index contributed by atoms with van der Waals surface area (Å²) in [6, 6.07) is 6.24. The molecule has 1 atom stereocenters. The number of phenolic OH excluding ortho intramolecular Hbond substituents is 1. The number of carbonyl (C=O) groups excluding carboxylic acids is 2. The quantitative estimate of drug-likeness (QED) is 0.378. The van der Waals surface area contributed by atoms with Crippen LogP contribution in [-0.2, 0) is 20.6 Å². The minimum atomic E-state index is -4.62. The molecule has 128 valence electrons. The highest BCUT2D eigenvalue weighted by atomic mass is 31.2. The van der Waals surface area contributed by atoms with Gasteiger partial charge in [0.2, 0.25) is 0 Å². The maximum atomic E-state index is 12.2. The molecule has 1 aromatic rings. The maximum Gasteiger partial charge on any atom is 0.427 e. The summed E-state index contributed by atoms with van der Waals surface area (Å²) in [6.45, 7) is 0. The standard InChI is InChI=1S/C15H16NO7P/c17-11-4-1-9(2-5-11)3-6-12(18)15-13(19)7-10(8-14(15)20)16-24(21,22)23/h1-2,4-5,7-8,15,17,19H,3,6H2,(H3,16,21,22,23). The number of ketones is 2. The highest BCUT2D eigenvalue weighted by molar-refractivity contribution is 7.49. The number of nitrogens with one attached hydrogen (secondary N) is 1. The van der Waals surface area contributed by atoms with Crippen LogP contribution in [-0.4, -0.2) is 31.6 Å². The number of Topliss-reactive ketones (excluding diaryl/α,β-unsaturated/α-hetero) is 1. The number of aliphatic hydroxyl groups is 1. The zero-order valence-electron chi connectivity index (χ0n) is 12.4. The predicted octanol–water partition coefficient (Wildman–Crippen LogP) is 1.10. The summed E-state index contributed by atoms with van der Waals surface area (Å²) in [4.78, 5) is 41.8. The van der Waals surface area contributed by atoms with Gasteiger partial charge in [-0.25, -0.2) is 4.57 Å². The molecule has 5 N–H and O–H groups in total. The van der Waals surface area contributed by atoms with E-state index in [1.807, 2.05) is 0 Å². The van der Waals surface area contributed by atoms with Gasteiger partial charge < -0.3 is 20.0 Å². The molecule has 0 heterocycles. The minimum Gasteiger partial charge on any atom is -0.511 e. The number of hydrogen-bond acceptors (Lipinski definition) is 5. The molecule has 0 radical (unpaired) electrons. The van der Waals surface area contributed by atoms with Crippen LogP contribution in [0.15, 0.2) is 47.9 Å². The fourth-order valence-corrected chi connectivity index (χ4v) is 2.76. The Morgan fingerprint density at radius 2 is 1.75 bits per heavy atom. The van der Waals surface area contributed by atoms with Gasteiger partial charge in [0, 0.05) is 18.6 Å². The van der Waals surface area contributed by atoms with E-state index in [0.717, 1.165) is 17.7 Å². The number of rotatable bonds is 6. The maximum absolute atomic E-state index is 12.2. The topological polar surface area (TPSA) is 144 Å². The fraction of sp³-hybridized carbons (Fsp3) is 0.200. The molecule has 1 aromatic carbocycles. The van der Waals surface area contributed by atoms with Crippen LogP contribution in [0.3, 0.4) is 0 Å². The van der Waals surface area contributed by atoms with Crippen molar-refractivity contribution in [3.63, 3.8) is 0 Å². The van der Waals surface area contributed by atoms with Gasteiger partial charge in [-0.2, -0.15) is 0 Å². The van der Waals surface area contributed by atoms with Gasteiger partial charge >= 0.3 is 7.75 Å². The second-order valence-electron chi connectivity index (χ2n) is 5.29. The van der Waals surface area contributed by atoms with Crippen molar-refractivity contribution < 1.29 is 34.2 Å². The number of aromatic hydroxyl groups is 1. The summed E-state index contributed by atoms with van der Waals surface area (Å²) in [5.41, 5.74) is 0.528. The SMILES string of the molecule is O=C1C=C(NP(=O)(O)O)C=C(O)C1C(=O)CCc1ccc(O)cc1. The van der Waals surface area contributed by atoms with E-state index < -0.39 is 31.0 Å². The lowest BCUT2D eigenvalue weighted by molar-refractivity contribution is -0.130. The predicted molar refractivity (Wildman–Crippen MR) is 83.9 cm³/mol. The Labute approximate surface area is 137 Å². The molecule has 0 aromatic heterocycles. The number of hydrogen-bond donors (Lipinski definition) is 5. The molecule has 9 heteroatoms. The number of aliphatic hydroxyl groups excluding tert-OH is 1. The highest BCUT2D eigenvalue weighted by Crippen LogP contribution is 2.32. The molecule has 0 saturated heterocycles. The molecule has 0 bridgehead atoms. The van der Waals surface area contributed by atoms with Crippen molar-refractivity contribution in [2.24, 2.45) is 5.92 Å². The van der Waals surface area contributed by atoms with Crippen molar-refractivity contribution in [2.75, 3.05) is 0 Å². The van der Waals surface area contributed by atoms with E-state index in [9.17, 15) is 24.4 Å². The van der Waals surface area contributed by atoms with E-state index in [0.29, 0.717) is 6.42 Å². The summed E-state index contributed by atoms with van der Waals surface area (Å²) < 4.78 is 10.8. The number of benzene rings is 1. The van der Waals surface area contributed by atoms with E-state index in [4.69, 9.17) is 9.79 Å². The summed E-state index contributed by atoms with van der Waals surface area (Å²) in [5, 5.41) is 20.8. The Balaban J connectivity index is 2.03. The van der Waals surface area contributed by atoms with E-state index in [2.05, 4.69) is 0 Å². The monoisotopic (exact) mass is 353 g/mol. The minimum absolute atomic E-state index is 0.00578. The van der Waals surface area contributed by atoms with Gasteiger partial charge in [-0.1, -0.05) is 12.1 Å². The smallest absolute Gasteiger partial charge is 0.427 e. The van der Waals surface area contributed by atoms with E-state index in [1.165, 1.54) is 12.1 Å². The van der Waals surface area contributed by atoms with Gasteiger partial charge in [0.25, 0.3) is 0 Å². The van der Waals surface area contributed by atoms with Crippen LogP contribution in [0.1, 0.15) is 12.0 Å². The van der Waals surface area contributed by atoms with Gasteiger partial charge in [0.05, 0.1) is 5.70 Å². The summed E-state index contributed by atoms with van der Waals surface area (Å²) >= 11 is 0. The molecule has 0 fully saturated rings. The molecule has 0 amide bonds. The van der Waals surface area contributed by atoms with Crippen LogP contribution < -0.4 is 5.09 Å². The molecule has 24 heavy (non-hydrogen) atoms. The molecule has 0 saturated carbocycles. The van der Waals surface area contributed by atoms with E-state index in [-0.39, 0.29) is 17.9 Å². The van der Waals surface area contributed by atoms with Crippen molar-refractivity contribution in [3.8, 4) is 5.75 Å². The highest BCUT2D eigenvalue weighted by Gasteiger charge is 2.32. The normalized spacial score (nSPS) is 17.9. The van der Waals surface area contributed by atoms with Crippen molar-refractivity contribution >= 4 is 19.3 Å². The molecule has 0 aliphatic heterocycles. The molecule has 8 nitrogen and oxygen atoms in total. The van der Waals surface area contributed by atoms with Crippen LogP contribution in [0, 0.1) is 5.92 Å². The Kier molecular flexibility index (Phi) is 5.23. The summed E-state index contributed by atoms with van der Waals surface area (Å²) in [7, 11) is -4.62. The lowest BCUT2D eigenvalue weighted by atomic mass is 9.89. The summed E-state index contributed by atoms with van der Waals surface area (Å²) in [5.74, 6) is -3.09. The Hall–Kier alpha value is -2.41. The number of aryl methyl sites for hydroxylation is 1. The molecule has 2 rings (SSSR count). The zero-order chi connectivity index (χ0) is 17.9. The number of phenols is 1. The largest absolute Gasteiger partial charge is 0.511 e. The van der Waals surface area contributed by atoms with Crippen LogP contribution >= 0.6 is 7.75 Å². The first-order valence-corrected chi connectivity index (χ1v) is 8.57. The van der Waals surface area contributed by atoms with Gasteiger partial charge in [-0.15, -0.1) is 0 Å². The Bertz CT molecular complexity index is 761. The lowest BCUT2D eigenvalue weighted by Gasteiger charge is -2.19. The van der Waals surface area contributed by atoms with Crippen LogP contribution in [0.5, 0.6) is 5.75 Å². The first kappa shape index (κ1) is 17.9. The van der Waals surface area contributed by atoms with Gasteiger partial charge in [-0.05, 0) is 24.1 Å². The van der Waals surface area contributed by atoms with Crippen LogP contribution in [0.4, 0.5) is 0 Å². The third-order valence-electron chi connectivity index (χ3n) is 3.37. The van der Waals surface area contributed by atoms with Crippen molar-refractivity contribution in [3.05, 3.63) is 53.4 Å². The molecular weight excluding hydrogens is 337 g/mol. The second kappa shape index (κ2) is 7.00. The Morgan fingerprint density at radius 1 is 1.12 bits per heavy atom. The first-order chi connectivity index (χ1) is 11.2. The van der Waals surface area contributed by atoms with Gasteiger partial charge in [-0.3, -0.25) is 14.7 Å². The van der Waals surface area contributed by atoms with Crippen LogP contribution in [0.2, 0.25) is 0 Å².